The first kappa shape index (κ1) is 98.6. The molecule has 0 saturated heterocycles. The average molecular weight is 1350 g/mol. The Balaban J connectivity index is -0.000000170. The van der Waals surface area contributed by atoms with E-state index < -0.39 is 60.4 Å². The number of hydrogen-bond acceptors (Lipinski definition) is 16. The van der Waals surface area contributed by atoms with Crippen molar-refractivity contribution in [2.24, 2.45) is 0 Å². The van der Waals surface area contributed by atoms with Gasteiger partial charge in [-0.1, -0.05) is 55.4 Å². The van der Waals surface area contributed by atoms with Crippen molar-refractivity contribution in [3.8, 4) is 0 Å². The summed E-state index contributed by atoms with van der Waals surface area (Å²) in [6.45, 7) is 58.2. The maximum Gasteiger partial charge on any atom is 0.501 e. The molecule has 516 valence electrons. The molecule has 0 aromatic rings. The molecule has 0 bridgehead atoms. The monoisotopic (exact) mass is 1350 g/mol. The van der Waals surface area contributed by atoms with Crippen LogP contribution in [0.25, 0.3) is 0 Å². The lowest BCUT2D eigenvalue weighted by Crippen LogP contribution is -2.45. The molecule has 0 amide bonds. The molecule has 0 aliphatic rings. The van der Waals surface area contributed by atoms with Gasteiger partial charge in [-0.3, -0.25) is 0 Å². The van der Waals surface area contributed by atoms with Crippen LogP contribution in [-0.4, -0.2) is 170 Å². The van der Waals surface area contributed by atoms with Crippen molar-refractivity contribution in [3.63, 3.8) is 0 Å². The van der Waals surface area contributed by atoms with Crippen LogP contribution in [0.5, 0.6) is 0 Å². The van der Waals surface area contributed by atoms with Gasteiger partial charge in [0.15, 0.2) is 16.6 Å². The van der Waals surface area contributed by atoms with Gasteiger partial charge in [-0.15, -0.1) is 46.1 Å². The summed E-state index contributed by atoms with van der Waals surface area (Å²) in [6.07, 6.45) is 27.5. The third kappa shape index (κ3) is 60.6. The Morgan fingerprint density at radius 2 is 0.453 bits per heavy atom. The van der Waals surface area contributed by atoms with Crippen LogP contribution >= 0.6 is 0 Å². The van der Waals surface area contributed by atoms with Crippen LogP contribution in [-0.2, 0) is 70.8 Å². The molecule has 86 heavy (non-hydrogen) atoms. The van der Waals surface area contributed by atoms with E-state index in [1.807, 2.05) is 105 Å². The van der Waals surface area contributed by atoms with Crippen molar-refractivity contribution in [1.29, 1.82) is 0 Å². The lowest BCUT2D eigenvalue weighted by Gasteiger charge is -2.28. The predicted octanol–water partition coefficient (Wildman–Crippen LogP) is 18.0. The molecule has 0 radical (unpaired) electrons. The topological polar surface area (TPSA) is 148 Å². The highest BCUT2D eigenvalue weighted by Gasteiger charge is 2.41. The molecular formula is C63H140O16Si7. The van der Waals surface area contributed by atoms with E-state index >= 15 is 0 Å². The van der Waals surface area contributed by atoms with Gasteiger partial charge in [0, 0.05) is 134 Å². The first-order valence-corrected chi connectivity index (χ1v) is 48.2. The zero-order valence-corrected chi connectivity index (χ0v) is 66.8. The van der Waals surface area contributed by atoms with Gasteiger partial charge in [-0.25, -0.2) is 0 Å². The summed E-state index contributed by atoms with van der Waals surface area (Å²) in [5.74, 6) is 0. The molecule has 0 atom stereocenters. The maximum atomic E-state index is 5.76. The second-order valence-corrected chi connectivity index (χ2v) is 44.2. The molecule has 0 rings (SSSR count). The van der Waals surface area contributed by atoms with E-state index in [-0.39, 0.29) is 0 Å². The fraction of sp³-hybridized carbons (Fsp3) is 0.778. The lowest BCUT2D eigenvalue weighted by atomic mass is 10.2. The molecule has 0 unspecified atom stereocenters. The third-order valence-corrected chi connectivity index (χ3v) is 32.9. The van der Waals surface area contributed by atoms with E-state index in [0.717, 1.165) is 114 Å². The van der Waals surface area contributed by atoms with Gasteiger partial charge >= 0.3 is 43.8 Å². The smallest absolute Gasteiger partial charge is 0.420 e. The van der Waals surface area contributed by atoms with Crippen LogP contribution < -0.4 is 0 Å². The number of rotatable bonds is 51. The Labute approximate surface area is 540 Å². The fourth-order valence-corrected chi connectivity index (χ4v) is 21.0. The Kier molecular flexibility index (Phi) is 78.5. The van der Waals surface area contributed by atoms with E-state index in [9.17, 15) is 0 Å². The first-order valence-electron chi connectivity index (χ1n) is 31.7. The minimum absolute atomic E-state index is 0.642. The van der Waals surface area contributed by atoms with Crippen molar-refractivity contribution in [2.75, 3.05) is 110 Å². The molecule has 0 aliphatic heterocycles. The molecule has 0 fully saturated rings. The van der Waals surface area contributed by atoms with Crippen LogP contribution in [0, 0.1) is 0 Å². The molecular weight excluding hydrogens is 1210 g/mol. The van der Waals surface area contributed by atoms with Crippen molar-refractivity contribution in [1.82, 2.24) is 0 Å². The van der Waals surface area contributed by atoms with E-state index in [4.69, 9.17) is 70.8 Å². The number of allylic oxidation sites excluding steroid dienone is 7. The van der Waals surface area contributed by atoms with Crippen molar-refractivity contribution >= 4 is 60.4 Å². The van der Waals surface area contributed by atoms with Crippen molar-refractivity contribution in [2.45, 2.75) is 214 Å². The zero-order chi connectivity index (χ0) is 67.6. The van der Waals surface area contributed by atoms with Crippen molar-refractivity contribution < 1.29 is 70.8 Å². The second-order valence-electron chi connectivity index (χ2n) is 20.4. The van der Waals surface area contributed by atoms with E-state index in [1.54, 1.807) is 49.8 Å². The maximum absolute atomic E-state index is 5.76. The van der Waals surface area contributed by atoms with Crippen molar-refractivity contribution in [3.05, 3.63) is 88.6 Å². The quantitative estimate of drug-likeness (QED) is 0.0323. The van der Waals surface area contributed by atoms with Crippen LogP contribution in [0.4, 0.5) is 0 Å². The highest BCUT2D eigenvalue weighted by Crippen LogP contribution is 2.22. The summed E-state index contributed by atoms with van der Waals surface area (Å²) in [5, 5.41) is 0. The Bertz CT molecular complexity index is 1440. The molecule has 0 aromatic heterocycles. The van der Waals surface area contributed by atoms with E-state index in [1.165, 1.54) is 24.9 Å². The van der Waals surface area contributed by atoms with Crippen LogP contribution in [0.1, 0.15) is 139 Å². The number of unbranched alkanes of at least 4 members (excludes halogenated alkanes) is 6. The molecule has 0 aromatic carbocycles. The molecule has 0 heterocycles. The summed E-state index contributed by atoms with van der Waals surface area (Å²) in [7, 11) is -0.341. The van der Waals surface area contributed by atoms with Gasteiger partial charge in [-0.05, 0) is 177 Å². The average Bonchev–Trinajstić information content (AvgIpc) is 3.72. The van der Waals surface area contributed by atoms with Crippen LogP contribution in [0.15, 0.2) is 88.6 Å². The summed E-state index contributed by atoms with van der Waals surface area (Å²) in [5.41, 5.74) is 0. The van der Waals surface area contributed by atoms with Gasteiger partial charge in [0.1, 0.15) is 0 Å². The second kappa shape index (κ2) is 68.4. The fourth-order valence-electron chi connectivity index (χ4n) is 7.59. The van der Waals surface area contributed by atoms with E-state index in [2.05, 4.69) is 78.8 Å². The van der Waals surface area contributed by atoms with Gasteiger partial charge in [0.05, 0.1) is 0 Å². The van der Waals surface area contributed by atoms with E-state index in [0.29, 0.717) is 39.6 Å². The Hall–Kier alpha value is -0.942. The van der Waals surface area contributed by atoms with Gasteiger partial charge in [0.25, 0.3) is 0 Å². The minimum Gasteiger partial charge on any atom is -0.420 e. The molecule has 16 nitrogen and oxygen atoms in total. The number of hydrogen-bond donors (Lipinski definition) is 0. The van der Waals surface area contributed by atoms with Crippen LogP contribution in [0.2, 0.25) is 75.0 Å². The summed E-state index contributed by atoms with van der Waals surface area (Å²) >= 11 is 0. The summed E-state index contributed by atoms with van der Waals surface area (Å²) in [6, 6.07) is 6.88. The predicted molar refractivity (Wildman–Crippen MR) is 384 cm³/mol. The molecule has 0 aliphatic carbocycles. The standard InChI is InChI=1S/C12H26O3Si.C10H22O3Si.C9H20O3Si.C9H20O2Si.C9H20OSi.C7H16O3Si.C7H16OSi/c1-5-9-10-11-12-16(13-6-2,14-7-3)15-8-4;1-5-9-10-14(11-6-2,12-7-3)13-8-4;1-5-6-7-8-9-13(10-2,11-3)12-4;1-5-8-9-12(4,10-6-2)11-7-3;1-5-6-7-8-9-11(3,4)10-2;1-5-6-7-11(8-2,9-3)10-4;1-5-6-7-9(3,4)8-2/h5H,1,6-12H2,2-4H3;5H,1,6-10H2,2-4H3;5H,1,6-9H2,2-4H3;5H,1,6-9H2,2-4H3;5H,1,6-9H2,2-4H3;5H,1,6-7H2,2-4H3;5H,1,6-7H2,2-4H3. The van der Waals surface area contributed by atoms with Crippen LogP contribution in [0.3, 0.4) is 0 Å². The highest BCUT2D eigenvalue weighted by atomic mass is 28.4. The molecule has 0 N–H and O–H groups in total. The van der Waals surface area contributed by atoms with Gasteiger partial charge in [-0.2, -0.15) is 0 Å². The van der Waals surface area contributed by atoms with Gasteiger partial charge < -0.3 is 70.8 Å². The summed E-state index contributed by atoms with van der Waals surface area (Å²) < 4.78 is 87.7. The Morgan fingerprint density at radius 1 is 0.233 bits per heavy atom. The van der Waals surface area contributed by atoms with Gasteiger partial charge in [0.2, 0.25) is 0 Å². The minimum atomic E-state index is -2.39. The summed E-state index contributed by atoms with van der Waals surface area (Å²) in [4.78, 5) is 0. The molecule has 0 saturated carbocycles. The molecule has 0 spiro atoms. The largest absolute Gasteiger partial charge is 0.501 e. The third-order valence-electron chi connectivity index (χ3n) is 12.8. The SMILES string of the molecule is C=CCCCC[Si](C)(C)OC.C=CCCCC[Si](OC)(OC)OC.C=CCCCC[Si](OCC)(OCC)OCC.C=CCC[Si](C)(C)OC.C=CCC[Si](C)(OCC)OCC.C=CCC[Si](OC)(OC)OC.C=CCC[Si](OCC)(OCC)OCC. The highest BCUT2D eigenvalue weighted by molar-refractivity contribution is 6.71. The Morgan fingerprint density at radius 3 is 0.721 bits per heavy atom. The first-order chi connectivity index (χ1) is 40.9. The molecule has 23 heteroatoms. The normalized spacial score (nSPS) is 11.6. The lowest BCUT2D eigenvalue weighted by molar-refractivity contribution is 0.0702. The zero-order valence-electron chi connectivity index (χ0n) is 59.8.